The van der Waals surface area contributed by atoms with Crippen molar-refractivity contribution in [1.29, 1.82) is 0 Å². The number of hydrogen-bond donors (Lipinski definition) is 1. The van der Waals surface area contributed by atoms with Crippen molar-refractivity contribution in [3.05, 3.63) is 54.1 Å². The summed E-state index contributed by atoms with van der Waals surface area (Å²) in [6, 6.07) is 9.49. The summed E-state index contributed by atoms with van der Waals surface area (Å²) in [5.74, 6) is 0.546. The van der Waals surface area contributed by atoms with Gasteiger partial charge in [-0.25, -0.2) is 4.98 Å². The van der Waals surface area contributed by atoms with E-state index < -0.39 is 0 Å². The third kappa shape index (κ3) is 2.54. The van der Waals surface area contributed by atoms with E-state index in [0.29, 0.717) is 0 Å². The van der Waals surface area contributed by atoms with Crippen LogP contribution in [0.25, 0.3) is 0 Å². The van der Waals surface area contributed by atoms with Gasteiger partial charge in [0.15, 0.2) is 0 Å². The van der Waals surface area contributed by atoms with Gasteiger partial charge in [-0.2, -0.15) is 0 Å². The number of aromatic amines is 1. The van der Waals surface area contributed by atoms with Crippen molar-refractivity contribution in [2.45, 2.75) is 6.04 Å². The minimum atomic E-state index is -0.243. The molecule has 0 spiro atoms. The first kappa shape index (κ1) is 12.6. The number of rotatable bonds is 4. The van der Waals surface area contributed by atoms with Crippen LogP contribution in [0.3, 0.4) is 0 Å². The summed E-state index contributed by atoms with van der Waals surface area (Å²) in [5.41, 5.74) is 0.994. The van der Waals surface area contributed by atoms with Gasteiger partial charge >= 0.3 is 0 Å². The highest BCUT2D eigenvalue weighted by molar-refractivity contribution is 6.27. The molecule has 0 saturated carbocycles. The number of alkyl halides is 1. The Bertz CT molecular complexity index is 498. The second kappa shape index (κ2) is 5.69. The highest BCUT2D eigenvalue weighted by Gasteiger charge is 2.24. The van der Waals surface area contributed by atoms with E-state index in [4.69, 9.17) is 11.6 Å². The molecule has 2 rings (SSSR count). The number of carbonyl (C=O) groups excluding carboxylic acids is 1. The normalized spacial score (nSPS) is 12.1. The molecule has 0 aliphatic heterocycles. The van der Waals surface area contributed by atoms with Gasteiger partial charge in [-0.15, -0.1) is 11.6 Å². The predicted molar refractivity (Wildman–Crippen MR) is 70.4 cm³/mol. The lowest BCUT2D eigenvalue weighted by Crippen LogP contribution is -2.33. The average Bonchev–Trinajstić information content (AvgIpc) is 2.93. The molecule has 1 N–H and O–H groups in total. The van der Waals surface area contributed by atoms with Gasteiger partial charge in [-0.1, -0.05) is 30.3 Å². The van der Waals surface area contributed by atoms with Crippen molar-refractivity contribution in [1.82, 2.24) is 14.9 Å². The third-order valence-electron chi connectivity index (χ3n) is 2.79. The molecule has 18 heavy (non-hydrogen) atoms. The second-order valence-electron chi connectivity index (χ2n) is 3.93. The first-order chi connectivity index (χ1) is 8.74. The van der Waals surface area contributed by atoms with Gasteiger partial charge < -0.3 is 9.88 Å². The molecular weight excluding hydrogens is 250 g/mol. The lowest BCUT2D eigenvalue weighted by Gasteiger charge is -2.26. The van der Waals surface area contributed by atoms with E-state index >= 15 is 0 Å². The molecule has 0 aliphatic rings. The molecular formula is C13H14ClN3O. The fourth-order valence-corrected chi connectivity index (χ4v) is 2.05. The van der Waals surface area contributed by atoms with Gasteiger partial charge in [0, 0.05) is 19.4 Å². The molecule has 94 valence electrons. The molecule has 0 bridgehead atoms. The summed E-state index contributed by atoms with van der Waals surface area (Å²) >= 11 is 5.62. The molecule has 0 aliphatic carbocycles. The monoisotopic (exact) mass is 263 g/mol. The number of benzene rings is 1. The number of nitrogens with one attached hydrogen (secondary N) is 1. The zero-order chi connectivity index (χ0) is 13.0. The Morgan fingerprint density at radius 2 is 2.17 bits per heavy atom. The van der Waals surface area contributed by atoms with E-state index in [9.17, 15) is 4.79 Å². The second-order valence-corrected chi connectivity index (χ2v) is 4.19. The lowest BCUT2D eigenvalue weighted by atomic mass is 10.1. The molecule has 1 unspecified atom stereocenters. The van der Waals surface area contributed by atoms with E-state index in [2.05, 4.69) is 9.97 Å². The number of H-pyrrole nitrogens is 1. The van der Waals surface area contributed by atoms with Crippen molar-refractivity contribution in [2.75, 3.05) is 12.9 Å². The Balaban J connectivity index is 2.39. The van der Waals surface area contributed by atoms with Crippen LogP contribution in [0.2, 0.25) is 0 Å². The van der Waals surface area contributed by atoms with Crippen LogP contribution in [0.1, 0.15) is 17.4 Å². The van der Waals surface area contributed by atoms with Crippen molar-refractivity contribution < 1.29 is 4.79 Å². The summed E-state index contributed by atoms with van der Waals surface area (Å²) in [5, 5.41) is 0. The quantitative estimate of drug-likeness (QED) is 0.860. The average molecular weight is 264 g/mol. The fraction of sp³-hybridized carbons (Fsp3) is 0.231. The summed E-state index contributed by atoms with van der Waals surface area (Å²) in [7, 11) is 1.73. The fourth-order valence-electron chi connectivity index (χ4n) is 1.87. The van der Waals surface area contributed by atoms with Crippen LogP contribution >= 0.6 is 11.6 Å². The smallest absolute Gasteiger partial charge is 0.238 e. The van der Waals surface area contributed by atoms with Gasteiger partial charge in [0.25, 0.3) is 0 Å². The summed E-state index contributed by atoms with van der Waals surface area (Å²) in [6.07, 6.45) is 3.41. The van der Waals surface area contributed by atoms with Crippen LogP contribution in [-0.4, -0.2) is 33.7 Å². The number of hydrogen-bond acceptors (Lipinski definition) is 2. The number of halogens is 1. The molecule has 2 aromatic rings. The largest absolute Gasteiger partial charge is 0.347 e. The zero-order valence-corrected chi connectivity index (χ0v) is 10.8. The molecule has 1 heterocycles. The molecule has 0 fully saturated rings. The molecule has 0 saturated heterocycles. The summed E-state index contributed by atoms with van der Waals surface area (Å²) in [6.45, 7) is 0. The minimum absolute atomic E-state index is 0.0411. The van der Waals surface area contributed by atoms with Crippen LogP contribution in [0.15, 0.2) is 42.7 Å². The minimum Gasteiger partial charge on any atom is -0.347 e. The Labute approximate surface area is 111 Å². The standard InChI is InChI=1S/C13H14ClN3O/c1-17(11(18)9-14)12(13-15-7-8-16-13)10-5-3-2-4-6-10/h2-8,12H,9H2,1H3,(H,15,16). The van der Waals surface area contributed by atoms with Crippen LogP contribution < -0.4 is 0 Å². The highest BCUT2D eigenvalue weighted by Crippen LogP contribution is 2.24. The van der Waals surface area contributed by atoms with E-state index in [-0.39, 0.29) is 17.8 Å². The van der Waals surface area contributed by atoms with E-state index in [0.717, 1.165) is 11.4 Å². The van der Waals surface area contributed by atoms with Crippen molar-refractivity contribution in [3.8, 4) is 0 Å². The van der Waals surface area contributed by atoms with Gasteiger partial charge in [0.05, 0.1) is 0 Å². The summed E-state index contributed by atoms with van der Waals surface area (Å²) < 4.78 is 0. The van der Waals surface area contributed by atoms with Gasteiger partial charge in [-0.3, -0.25) is 4.79 Å². The Hall–Kier alpha value is -1.81. The Morgan fingerprint density at radius 3 is 2.72 bits per heavy atom. The van der Waals surface area contributed by atoms with E-state index in [1.54, 1.807) is 24.3 Å². The molecule has 0 radical (unpaired) electrons. The molecule has 1 atom stereocenters. The number of carbonyl (C=O) groups is 1. The molecule has 5 heteroatoms. The predicted octanol–water partition coefficient (Wildman–Crippen LogP) is 2.20. The molecule has 4 nitrogen and oxygen atoms in total. The maximum absolute atomic E-state index is 11.8. The first-order valence-electron chi connectivity index (χ1n) is 5.60. The topological polar surface area (TPSA) is 49.0 Å². The van der Waals surface area contributed by atoms with E-state index in [1.165, 1.54) is 0 Å². The highest BCUT2D eigenvalue weighted by atomic mass is 35.5. The molecule has 1 aromatic carbocycles. The van der Waals surface area contributed by atoms with Crippen LogP contribution in [0.5, 0.6) is 0 Å². The van der Waals surface area contributed by atoms with Crippen molar-refractivity contribution >= 4 is 17.5 Å². The number of amides is 1. The lowest BCUT2D eigenvalue weighted by molar-refractivity contribution is -0.128. The summed E-state index contributed by atoms with van der Waals surface area (Å²) in [4.78, 5) is 20.7. The maximum Gasteiger partial charge on any atom is 0.238 e. The van der Waals surface area contributed by atoms with Crippen LogP contribution in [-0.2, 0) is 4.79 Å². The first-order valence-corrected chi connectivity index (χ1v) is 6.13. The van der Waals surface area contributed by atoms with E-state index in [1.807, 2.05) is 30.3 Å². The number of aromatic nitrogens is 2. The van der Waals surface area contributed by atoms with Gasteiger partial charge in [0.1, 0.15) is 17.7 Å². The zero-order valence-electron chi connectivity index (χ0n) is 10.0. The maximum atomic E-state index is 11.8. The van der Waals surface area contributed by atoms with Crippen LogP contribution in [0, 0.1) is 0 Å². The Morgan fingerprint density at radius 1 is 1.44 bits per heavy atom. The van der Waals surface area contributed by atoms with Gasteiger partial charge in [-0.05, 0) is 5.56 Å². The van der Waals surface area contributed by atoms with Crippen LogP contribution in [0.4, 0.5) is 0 Å². The molecule has 1 aromatic heterocycles. The molecule has 1 amide bonds. The van der Waals surface area contributed by atoms with Gasteiger partial charge in [0.2, 0.25) is 5.91 Å². The Kier molecular flexibility index (Phi) is 3.99. The number of imidazole rings is 1. The number of nitrogens with zero attached hydrogens (tertiary/aromatic N) is 2. The van der Waals surface area contributed by atoms with Crippen molar-refractivity contribution in [3.63, 3.8) is 0 Å². The third-order valence-corrected chi connectivity index (χ3v) is 3.02. The SMILES string of the molecule is CN(C(=O)CCl)C(c1ccccc1)c1ncc[nH]1. The van der Waals surface area contributed by atoms with Crippen molar-refractivity contribution in [2.24, 2.45) is 0 Å².